The van der Waals surface area contributed by atoms with Gasteiger partial charge in [-0.3, -0.25) is 9.58 Å². The lowest BCUT2D eigenvalue weighted by Crippen LogP contribution is -2.29. The summed E-state index contributed by atoms with van der Waals surface area (Å²) in [5, 5.41) is 8.23. The van der Waals surface area contributed by atoms with Crippen LogP contribution in [0, 0.1) is 11.8 Å². The normalized spacial score (nSPS) is 24.1. The molecule has 0 amide bonds. The molecule has 0 radical (unpaired) electrons. The number of anilines is 1. The van der Waals surface area contributed by atoms with Gasteiger partial charge in [-0.25, -0.2) is 9.97 Å². The maximum absolute atomic E-state index is 4.50. The molecule has 0 saturated carbocycles. The number of hydrogen-bond donors (Lipinski definition) is 0. The quantitative estimate of drug-likeness (QED) is 0.843. The van der Waals surface area contributed by atoms with Gasteiger partial charge in [-0.1, -0.05) is 19.1 Å². The second-order valence-corrected chi connectivity index (χ2v) is 7.46. The van der Waals surface area contributed by atoms with Crippen LogP contribution in [0.4, 0.5) is 5.82 Å². The van der Waals surface area contributed by atoms with Crippen molar-refractivity contribution in [2.24, 2.45) is 18.9 Å². The number of likely N-dealkylation sites (tertiary alicyclic amines) is 1. The zero-order valence-electron chi connectivity index (χ0n) is 14.6. The summed E-state index contributed by atoms with van der Waals surface area (Å²) in [4.78, 5) is 13.8. The van der Waals surface area contributed by atoms with Gasteiger partial charge >= 0.3 is 0 Å². The maximum Gasteiger partial charge on any atom is 0.132 e. The van der Waals surface area contributed by atoms with Gasteiger partial charge in [0, 0.05) is 57.7 Å². The summed E-state index contributed by atoms with van der Waals surface area (Å²) in [6.45, 7) is 9.72. The minimum atomic E-state index is 0.441. The van der Waals surface area contributed by atoms with E-state index < -0.39 is 0 Å². The molecule has 0 spiro atoms. The van der Waals surface area contributed by atoms with Crippen LogP contribution >= 0.6 is 0 Å². The zero-order chi connectivity index (χ0) is 16.7. The molecule has 4 heterocycles. The summed E-state index contributed by atoms with van der Waals surface area (Å²) < 4.78 is 1.77. The van der Waals surface area contributed by atoms with Crippen LogP contribution in [-0.4, -0.2) is 56.0 Å². The molecule has 2 fully saturated rings. The summed E-state index contributed by atoms with van der Waals surface area (Å²) in [7, 11) is 1.92. The van der Waals surface area contributed by atoms with Crippen LogP contribution in [0.25, 0.3) is 0 Å². The molecule has 2 saturated heterocycles. The van der Waals surface area contributed by atoms with Crippen LogP contribution in [0.5, 0.6) is 0 Å². The molecule has 2 aliphatic rings. The van der Waals surface area contributed by atoms with Crippen molar-refractivity contribution in [2.75, 3.05) is 31.1 Å². The fourth-order valence-corrected chi connectivity index (χ4v) is 3.95. The highest BCUT2D eigenvalue weighted by atomic mass is 15.4. The van der Waals surface area contributed by atoms with E-state index in [0.717, 1.165) is 61.8 Å². The summed E-state index contributed by atoms with van der Waals surface area (Å²) >= 11 is 0. The standard InChI is InChI=1S/C17H25N7/c1-12(2)16-4-17(19-11-18-16)24-7-13-5-23(6-14(13)8-24)10-15-9-22(3)21-20-15/h4,9,11-14H,5-8,10H2,1-3H3. The predicted molar refractivity (Wildman–Crippen MR) is 91.6 cm³/mol. The van der Waals surface area contributed by atoms with E-state index in [0.29, 0.717) is 5.92 Å². The Morgan fingerprint density at radius 2 is 1.88 bits per heavy atom. The van der Waals surface area contributed by atoms with Crippen LogP contribution in [-0.2, 0) is 13.6 Å². The summed E-state index contributed by atoms with van der Waals surface area (Å²) in [5.74, 6) is 2.97. The van der Waals surface area contributed by atoms with E-state index in [1.807, 2.05) is 13.2 Å². The van der Waals surface area contributed by atoms with Gasteiger partial charge in [-0.15, -0.1) is 5.10 Å². The average molecular weight is 327 g/mol. The molecule has 0 aliphatic carbocycles. The first-order chi connectivity index (χ1) is 11.6. The maximum atomic E-state index is 4.50. The molecule has 2 aromatic heterocycles. The molecule has 4 rings (SSSR count). The van der Waals surface area contributed by atoms with Gasteiger partial charge in [-0.2, -0.15) is 0 Å². The molecule has 7 heteroatoms. The SMILES string of the molecule is CC(C)c1cc(N2CC3CN(Cc4cn(C)nn4)CC3C2)ncn1. The first-order valence-electron chi connectivity index (χ1n) is 8.73. The van der Waals surface area contributed by atoms with Crippen molar-refractivity contribution in [2.45, 2.75) is 26.3 Å². The molecule has 24 heavy (non-hydrogen) atoms. The monoisotopic (exact) mass is 327 g/mol. The third kappa shape index (κ3) is 3.00. The van der Waals surface area contributed by atoms with E-state index in [9.17, 15) is 0 Å². The van der Waals surface area contributed by atoms with Crippen LogP contribution in [0.15, 0.2) is 18.6 Å². The topological polar surface area (TPSA) is 63.0 Å². The van der Waals surface area contributed by atoms with E-state index in [1.54, 1.807) is 11.0 Å². The van der Waals surface area contributed by atoms with Gasteiger partial charge in [0.2, 0.25) is 0 Å². The fourth-order valence-electron chi connectivity index (χ4n) is 3.95. The molecule has 2 atom stereocenters. The Hall–Kier alpha value is -2.02. The second kappa shape index (κ2) is 6.12. The summed E-state index contributed by atoms with van der Waals surface area (Å²) in [5.41, 5.74) is 2.19. The van der Waals surface area contributed by atoms with E-state index in [1.165, 1.54) is 0 Å². The Kier molecular flexibility index (Phi) is 3.96. The Bertz CT molecular complexity index is 696. The molecular weight excluding hydrogens is 302 g/mol. The van der Waals surface area contributed by atoms with Crippen molar-refractivity contribution < 1.29 is 0 Å². The third-order valence-corrected chi connectivity index (χ3v) is 5.19. The first kappa shape index (κ1) is 15.5. The first-order valence-corrected chi connectivity index (χ1v) is 8.73. The minimum Gasteiger partial charge on any atom is -0.356 e. The molecule has 2 aromatic rings. The largest absolute Gasteiger partial charge is 0.356 e. The van der Waals surface area contributed by atoms with Crippen LogP contribution in [0.1, 0.15) is 31.2 Å². The summed E-state index contributed by atoms with van der Waals surface area (Å²) in [6.07, 6.45) is 3.72. The van der Waals surface area contributed by atoms with Gasteiger partial charge < -0.3 is 4.90 Å². The van der Waals surface area contributed by atoms with E-state index in [-0.39, 0.29) is 0 Å². The molecule has 2 aliphatic heterocycles. The highest BCUT2D eigenvalue weighted by molar-refractivity contribution is 5.41. The Morgan fingerprint density at radius 1 is 1.12 bits per heavy atom. The smallest absolute Gasteiger partial charge is 0.132 e. The molecule has 7 nitrogen and oxygen atoms in total. The average Bonchev–Trinajstić information content (AvgIpc) is 3.22. The molecule has 0 N–H and O–H groups in total. The van der Waals surface area contributed by atoms with Crippen LogP contribution in [0.2, 0.25) is 0 Å². The molecule has 128 valence electrons. The Balaban J connectivity index is 1.38. The van der Waals surface area contributed by atoms with Crippen molar-refractivity contribution in [3.63, 3.8) is 0 Å². The van der Waals surface area contributed by atoms with Gasteiger partial charge in [0.25, 0.3) is 0 Å². The lowest BCUT2D eigenvalue weighted by Gasteiger charge is -2.22. The van der Waals surface area contributed by atoms with Gasteiger partial charge in [0.05, 0.1) is 5.69 Å². The zero-order valence-corrected chi connectivity index (χ0v) is 14.6. The van der Waals surface area contributed by atoms with Crippen molar-refractivity contribution in [1.82, 2.24) is 29.9 Å². The van der Waals surface area contributed by atoms with Gasteiger partial charge in [0.15, 0.2) is 0 Å². The number of fused-ring (bicyclic) bond motifs is 1. The van der Waals surface area contributed by atoms with Crippen molar-refractivity contribution >= 4 is 5.82 Å². The third-order valence-electron chi connectivity index (χ3n) is 5.19. The molecule has 0 bridgehead atoms. The second-order valence-electron chi connectivity index (χ2n) is 7.46. The Morgan fingerprint density at radius 3 is 2.50 bits per heavy atom. The van der Waals surface area contributed by atoms with Crippen molar-refractivity contribution in [3.05, 3.63) is 30.0 Å². The minimum absolute atomic E-state index is 0.441. The van der Waals surface area contributed by atoms with E-state index in [2.05, 4.69) is 50.0 Å². The highest BCUT2D eigenvalue weighted by Gasteiger charge is 2.40. The van der Waals surface area contributed by atoms with Crippen LogP contribution < -0.4 is 4.90 Å². The summed E-state index contributed by atoms with van der Waals surface area (Å²) in [6, 6.07) is 2.16. The number of aryl methyl sites for hydroxylation is 1. The van der Waals surface area contributed by atoms with Gasteiger partial charge in [0.1, 0.15) is 12.1 Å². The predicted octanol–water partition coefficient (Wildman–Crippen LogP) is 1.30. The fraction of sp³-hybridized carbons (Fsp3) is 0.647. The number of hydrogen-bond acceptors (Lipinski definition) is 6. The number of aromatic nitrogens is 5. The van der Waals surface area contributed by atoms with Crippen LogP contribution in [0.3, 0.4) is 0 Å². The lowest BCUT2D eigenvalue weighted by atomic mass is 10.0. The van der Waals surface area contributed by atoms with Crippen molar-refractivity contribution in [3.8, 4) is 0 Å². The van der Waals surface area contributed by atoms with E-state index >= 15 is 0 Å². The molecule has 0 aromatic carbocycles. The van der Waals surface area contributed by atoms with E-state index in [4.69, 9.17) is 0 Å². The van der Waals surface area contributed by atoms with Crippen molar-refractivity contribution in [1.29, 1.82) is 0 Å². The highest BCUT2D eigenvalue weighted by Crippen LogP contribution is 2.34. The molecule has 2 unspecified atom stereocenters. The Labute approximate surface area is 142 Å². The van der Waals surface area contributed by atoms with Gasteiger partial charge in [-0.05, 0) is 17.8 Å². The molecular formula is C17H25N7. The number of nitrogens with zero attached hydrogens (tertiary/aromatic N) is 7. The number of rotatable bonds is 4. The lowest BCUT2D eigenvalue weighted by molar-refractivity contribution is 0.305.